The first-order valence-corrected chi connectivity index (χ1v) is 11.1. The Morgan fingerprint density at radius 2 is 1.90 bits per heavy atom. The number of rotatable bonds is 11. The van der Waals surface area contributed by atoms with Crippen molar-refractivity contribution in [3.8, 4) is 11.5 Å². The minimum atomic E-state index is -2.90. The van der Waals surface area contributed by atoms with Crippen molar-refractivity contribution in [2.75, 3.05) is 52.9 Å². The van der Waals surface area contributed by atoms with Crippen LogP contribution in [0.25, 0.3) is 0 Å². The molecule has 2 N–H and O–H groups in total. The molecule has 0 radical (unpaired) electrons. The molecule has 0 spiro atoms. The number of piperazine rings is 1. The highest BCUT2D eigenvalue weighted by molar-refractivity contribution is 5.79. The van der Waals surface area contributed by atoms with Gasteiger partial charge in [-0.25, -0.2) is 4.99 Å². The average molecular weight is 442 g/mol. The number of ether oxygens (including phenoxy) is 2. The summed E-state index contributed by atoms with van der Waals surface area (Å²) < 4.78 is 36.0. The summed E-state index contributed by atoms with van der Waals surface area (Å²) in [7, 11) is 2.14. The first kappa shape index (κ1) is 25.1. The van der Waals surface area contributed by atoms with Crippen molar-refractivity contribution in [2.24, 2.45) is 4.99 Å². The van der Waals surface area contributed by atoms with Crippen LogP contribution in [-0.2, 0) is 6.54 Å². The SMILES string of the molecule is CCCOc1ccc(CN=C(NCC)NCC(C)N2CCN(C)CC2)c(OC(F)F)c1. The molecule has 0 aromatic heterocycles. The Balaban J connectivity index is 2.01. The maximum absolute atomic E-state index is 12.9. The Morgan fingerprint density at radius 1 is 1.16 bits per heavy atom. The van der Waals surface area contributed by atoms with E-state index in [1.54, 1.807) is 12.1 Å². The highest BCUT2D eigenvalue weighted by Gasteiger charge is 2.19. The van der Waals surface area contributed by atoms with Gasteiger partial charge in [0.1, 0.15) is 11.5 Å². The molecule has 0 aliphatic carbocycles. The fourth-order valence-corrected chi connectivity index (χ4v) is 3.32. The quantitative estimate of drug-likeness (QED) is 0.407. The smallest absolute Gasteiger partial charge is 0.387 e. The van der Waals surface area contributed by atoms with Gasteiger partial charge in [-0.3, -0.25) is 4.90 Å². The molecule has 1 aliphatic rings. The molecule has 1 aromatic carbocycles. The lowest BCUT2D eigenvalue weighted by molar-refractivity contribution is -0.0505. The number of alkyl halides is 2. The number of nitrogens with zero attached hydrogens (tertiary/aromatic N) is 3. The van der Waals surface area contributed by atoms with E-state index in [0.29, 0.717) is 36.5 Å². The number of nitrogens with one attached hydrogen (secondary N) is 2. The Bertz CT molecular complexity index is 682. The number of hydrogen-bond acceptors (Lipinski definition) is 5. The lowest BCUT2D eigenvalue weighted by Crippen LogP contribution is -2.52. The van der Waals surface area contributed by atoms with Gasteiger partial charge in [-0.2, -0.15) is 8.78 Å². The van der Waals surface area contributed by atoms with Crippen molar-refractivity contribution in [1.82, 2.24) is 20.4 Å². The second-order valence-electron chi connectivity index (χ2n) is 7.76. The first-order chi connectivity index (χ1) is 14.9. The highest BCUT2D eigenvalue weighted by atomic mass is 19.3. The number of aliphatic imine (C=N–C) groups is 1. The lowest BCUT2D eigenvalue weighted by Gasteiger charge is -2.36. The number of guanidine groups is 1. The van der Waals surface area contributed by atoms with Crippen LogP contribution < -0.4 is 20.1 Å². The normalized spacial score (nSPS) is 16.9. The molecular weight excluding hydrogens is 404 g/mol. The molecule has 7 nitrogen and oxygen atoms in total. The molecule has 9 heteroatoms. The van der Waals surface area contributed by atoms with Crippen LogP contribution >= 0.6 is 0 Å². The Hall–Kier alpha value is -2.13. The van der Waals surface area contributed by atoms with Crippen molar-refractivity contribution in [2.45, 2.75) is 46.4 Å². The second kappa shape index (κ2) is 13.3. The third-order valence-corrected chi connectivity index (χ3v) is 5.21. The molecule has 0 saturated carbocycles. The van der Waals surface area contributed by atoms with Crippen LogP contribution in [0.5, 0.6) is 11.5 Å². The zero-order valence-corrected chi connectivity index (χ0v) is 19.2. The molecule has 1 fully saturated rings. The van der Waals surface area contributed by atoms with E-state index >= 15 is 0 Å². The van der Waals surface area contributed by atoms with Crippen LogP contribution in [0.15, 0.2) is 23.2 Å². The Labute approximate surface area is 184 Å². The van der Waals surface area contributed by atoms with E-state index in [0.717, 1.165) is 39.1 Å². The summed E-state index contributed by atoms with van der Waals surface area (Å²) in [6.07, 6.45) is 0.835. The molecule has 1 aromatic rings. The predicted octanol–water partition coefficient (Wildman–Crippen LogP) is 2.77. The van der Waals surface area contributed by atoms with E-state index in [-0.39, 0.29) is 12.3 Å². The molecule has 31 heavy (non-hydrogen) atoms. The molecule has 0 amide bonds. The molecule has 1 heterocycles. The van der Waals surface area contributed by atoms with Gasteiger partial charge in [0.05, 0.1) is 13.2 Å². The van der Waals surface area contributed by atoms with Gasteiger partial charge in [-0.15, -0.1) is 0 Å². The number of likely N-dealkylation sites (N-methyl/N-ethyl adjacent to an activating group) is 1. The van der Waals surface area contributed by atoms with Gasteiger partial charge >= 0.3 is 6.61 Å². The largest absolute Gasteiger partial charge is 0.493 e. The summed E-state index contributed by atoms with van der Waals surface area (Å²) in [4.78, 5) is 9.37. The van der Waals surface area contributed by atoms with Gasteiger partial charge in [0, 0.05) is 56.9 Å². The molecule has 1 atom stereocenters. The van der Waals surface area contributed by atoms with Crippen LogP contribution in [0.3, 0.4) is 0 Å². The minimum absolute atomic E-state index is 0.0917. The Kier molecular flexibility index (Phi) is 10.8. The van der Waals surface area contributed by atoms with Gasteiger partial charge < -0.3 is 25.0 Å². The van der Waals surface area contributed by atoms with Gasteiger partial charge in [-0.1, -0.05) is 6.92 Å². The Morgan fingerprint density at radius 3 is 2.55 bits per heavy atom. The van der Waals surface area contributed by atoms with E-state index in [1.165, 1.54) is 6.07 Å². The zero-order chi connectivity index (χ0) is 22.6. The highest BCUT2D eigenvalue weighted by Crippen LogP contribution is 2.27. The molecular formula is C22H37F2N5O2. The monoisotopic (exact) mass is 441 g/mol. The maximum atomic E-state index is 12.9. The van der Waals surface area contributed by atoms with E-state index < -0.39 is 6.61 Å². The van der Waals surface area contributed by atoms with Gasteiger partial charge in [0.15, 0.2) is 5.96 Å². The van der Waals surface area contributed by atoms with E-state index in [9.17, 15) is 8.78 Å². The standard InChI is InChI=1S/C22H37F2N5O2/c1-5-13-30-19-8-7-18(20(14-19)31-21(23)24)16-27-22(25-6-2)26-15-17(3)29-11-9-28(4)10-12-29/h7-8,14,17,21H,5-6,9-13,15-16H2,1-4H3,(H2,25,26,27). The summed E-state index contributed by atoms with van der Waals surface area (Å²) in [5, 5.41) is 6.58. The summed E-state index contributed by atoms with van der Waals surface area (Å²) in [5.74, 6) is 1.25. The van der Waals surface area contributed by atoms with Crippen LogP contribution in [0, 0.1) is 0 Å². The summed E-state index contributed by atoms with van der Waals surface area (Å²) in [5.41, 5.74) is 0.577. The molecule has 2 rings (SSSR count). The van der Waals surface area contributed by atoms with Crippen molar-refractivity contribution >= 4 is 5.96 Å². The molecule has 176 valence electrons. The average Bonchev–Trinajstić information content (AvgIpc) is 2.75. The van der Waals surface area contributed by atoms with Gasteiger partial charge in [-0.05, 0) is 39.4 Å². The summed E-state index contributed by atoms with van der Waals surface area (Å²) in [6, 6.07) is 5.35. The van der Waals surface area contributed by atoms with E-state index in [2.05, 4.69) is 39.4 Å². The van der Waals surface area contributed by atoms with Crippen LogP contribution in [0.1, 0.15) is 32.8 Å². The zero-order valence-electron chi connectivity index (χ0n) is 19.2. The predicted molar refractivity (Wildman–Crippen MR) is 120 cm³/mol. The molecule has 0 bridgehead atoms. The number of halogens is 2. The third-order valence-electron chi connectivity index (χ3n) is 5.21. The van der Waals surface area contributed by atoms with Crippen LogP contribution in [-0.4, -0.2) is 81.3 Å². The number of hydrogen-bond donors (Lipinski definition) is 2. The van der Waals surface area contributed by atoms with E-state index in [4.69, 9.17) is 9.47 Å². The van der Waals surface area contributed by atoms with Gasteiger partial charge in [0.2, 0.25) is 0 Å². The lowest BCUT2D eigenvalue weighted by atomic mass is 10.2. The second-order valence-corrected chi connectivity index (χ2v) is 7.76. The van der Waals surface area contributed by atoms with Crippen molar-refractivity contribution in [3.63, 3.8) is 0 Å². The number of benzene rings is 1. The fourth-order valence-electron chi connectivity index (χ4n) is 3.32. The van der Waals surface area contributed by atoms with Crippen LogP contribution in [0.4, 0.5) is 8.78 Å². The van der Waals surface area contributed by atoms with Gasteiger partial charge in [0.25, 0.3) is 0 Å². The fraction of sp³-hybridized carbons (Fsp3) is 0.682. The third kappa shape index (κ3) is 8.86. The van der Waals surface area contributed by atoms with E-state index in [1.807, 2.05) is 13.8 Å². The van der Waals surface area contributed by atoms with Crippen molar-refractivity contribution < 1.29 is 18.3 Å². The topological polar surface area (TPSA) is 61.4 Å². The summed E-state index contributed by atoms with van der Waals surface area (Å²) in [6.45, 7) is 9.71. The minimum Gasteiger partial charge on any atom is -0.493 e. The first-order valence-electron chi connectivity index (χ1n) is 11.1. The van der Waals surface area contributed by atoms with Crippen molar-refractivity contribution in [1.29, 1.82) is 0 Å². The molecule has 1 unspecified atom stereocenters. The molecule has 1 saturated heterocycles. The maximum Gasteiger partial charge on any atom is 0.387 e. The van der Waals surface area contributed by atoms with Crippen molar-refractivity contribution in [3.05, 3.63) is 23.8 Å². The van der Waals surface area contributed by atoms with Crippen LogP contribution in [0.2, 0.25) is 0 Å². The summed E-state index contributed by atoms with van der Waals surface area (Å²) >= 11 is 0. The molecule has 1 aliphatic heterocycles.